The maximum atomic E-state index is 11.9. The molecule has 5 heteroatoms. The molecule has 0 radical (unpaired) electrons. The average Bonchev–Trinajstić information content (AvgIpc) is 2.38. The molecule has 2 atom stereocenters. The fraction of sp³-hybridized carbons (Fsp3) is 0.857. The second-order valence-corrected chi connectivity index (χ2v) is 5.26. The lowest BCUT2D eigenvalue weighted by atomic mass is 10.0. The third-order valence-electron chi connectivity index (χ3n) is 3.56. The molecule has 0 saturated carbocycles. The van der Waals surface area contributed by atoms with Crippen LogP contribution in [-0.4, -0.2) is 49.1 Å². The van der Waals surface area contributed by atoms with Gasteiger partial charge in [-0.25, -0.2) is 0 Å². The number of ether oxygens (including phenoxy) is 1. The molecule has 0 aromatic carbocycles. The molecule has 1 heterocycles. The molecule has 0 bridgehead atoms. The molecule has 1 saturated heterocycles. The number of hydrogen-bond donors (Lipinski definition) is 1. The van der Waals surface area contributed by atoms with Crippen molar-refractivity contribution >= 4 is 11.9 Å². The largest absolute Gasteiger partial charge is 0.468 e. The van der Waals surface area contributed by atoms with Crippen LogP contribution in [0.3, 0.4) is 0 Å². The summed E-state index contributed by atoms with van der Waals surface area (Å²) < 4.78 is 4.81. The molecule has 0 spiro atoms. The number of amides is 1. The van der Waals surface area contributed by atoms with Gasteiger partial charge in [0.1, 0.15) is 6.04 Å². The number of piperidine rings is 1. The molecule has 1 aliphatic rings. The zero-order valence-corrected chi connectivity index (χ0v) is 12.3. The first-order valence-electron chi connectivity index (χ1n) is 7.19. The van der Waals surface area contributed by atoms with Crippen molar-refractivity contribution in [2.24, 2.45) is 0 Å². The number of carbonyl (C=O) groups excluding carboxylic acids is 2. The molecule has 1 amide bonds. The summed E-state index contributed by atoms with van der Waals surface area (Å²) >= 11 is 0. The highest BCUT2D eigenvalue weighted by Crippen LogP contribution is 2.17. The summed E-state index contributed by atoms with van der Waals surface area (Å²) in [6.07, 6.45) is 4.86. The highest BCUT2D eigenvalue weighted by atomic mass is 16.5. The van der Waals surface area contributed by atoms with E-state index in [0.717, 1.165) is 38.6 Å². The van der Waals surface area contributed by atoms with Gasteiger partial charge in [-0.15, -0.1) is 0 Å². The minimum atomic E-state index is -0.258. The molecule has 0 aromatic rings. The molecule has 0 aliphatic carbocycles. The number of nitrogens with zero attached hydrogens (tertiary/aromatic N) is 1. The number of esters is 1. The lowest BCUT2D eigenvalue weighted by Gasteiger charge is -2.33. The smallest absolute Gasteiger partial charge is 0.323 e. The van der Waals surface area contributed by atoms with Crippen molar-refractivity contribution in [3.05, 3.63) is 0 Å². The molecule has 1 N–H and O–H groups in total. The van der Waals surface area contributed by atoms with Crippen molar-refractivity contribution in [1.29, 1.82) is 0 Å². The summed E-state index contributed by atoms with van der Waals surface area (Å²) in [4.78, 5) is 25.6. The number of likely N-dealkylation sites (tertiary alicyclic amines) is 1. The average molecular weight is 270 g/mol. The Kier molecular flexibility index (Phi) is 6.84. The van der Waals surface area contributed by atoms with Crippen LogP contribution < -0.4 is 5.32 Å². The monoisotopic (exact) mass is 270 g/mol. The maximum Gasteiger partial charge on any atom is 0.323 e. The lowest BCUT2D eigenvalue weighted by molar-refractivity contribution is -0.148. The second-order valence-electron chi connectivity index (χ2n) is 5.26. The summed E-state index contributed by atoms with van der Waals surface area (Å²) in [6.45, 7) is 5.18. The standard InChI is InChI=1S/C14H26N2O3/c1-4-7-11(2)15-13(17)10-16-9-6-5-8-12(16)14(18)19-3/h11-12H,4-10H2,1-3H3,(H,15,17)/t11?,12-/m1/s1. The molecule has 1 aliphatic heterocycles. The van der Waals surface area contributed by atoms with E-state index >= 15 is 0 Å². The Morgan fingerprint density at radius 1 is 1.42 bits per heavy atom. The van der Waals surface area contributed by atoms with Gasteiger partial charge >= 0.3 is 5.97 Å². The van der Waals surface area contributed by atoms with Crippen molar-refractivity contribution in [2.75, 3.05) is 20.2 Å². The van der Waals surface area contributed by atoms with Gasteiger partial charge in [0.05, 0.1) is 13.7 Å². The molecule has 1 unspecified atom stereocenters. The van der Waals surface area contributed by atoms with Crippen LogP contribution in [0.25, 0.3) is 0 Å². The maximum absolute atomic E-state index is 11.9. The molecular formula is C14H26N2O3. The van der Waals surface area contributed by atoms with E-state index in [-0.39, 0.29) is 30.5 Å². The Hall–Kier alpha value is -1.10. The van der Waals surface area contributed by atoms with Crippen molar-refractivity contribution in [2.45, 2.75) is 58.0 Å². The molecule has 19 heavy (non-hydrogen) atoms. The number of methoxy groups -OCH3 is 1. The summed E-state index contributed by atoms with van der Waals surface area (Å²) in [5.41, 5.74) is 0. The third-order valence-corrected chi connectivity index (χ3v) is 3.56. The van der Waals surface area contributed by atoms with Gasteiger partial charge in [-0.2, -0.15) is 0 Å². The molecule has 1 fully saturated rings. The highest BCUT2D eigenvalue weighted by molar-refractivity contribution is 5.80. The zero-order chi connectivity index (χ0) is 14.3. The van der Waals surface area contributed by atoms with E-state index in [1.165, 1.54) is 7.11 Å². The molecule has 0 aromatic heterocycles. The minimum absolute atomic E-state index is 0.00301. The fourth-order valence-corrected chi connectivity index (χ4v) is 2.59. The van der Waals surface area contributed by atoms with Crippen molar-refractivity contribution in [1.82, 2.24) is 10.2 Å². The van der Waals surface area contributed by atoms with E-state index in [1.54, 1.807) is 0 Å². The van der Waals surface area contributed by atoms with Crippen LogP contribution in [0.1, 0.15) is 46.0 Å². The summed E-state index contributed by atoms with van der Waals surface area (Å²) in [5.74, 6) is -0.231. The minimum Gasteiger partial charge on any atom is -0.468 e. The number of hydrogen-bond acceptors (Lipinski definition) is 4. The highest BCUT2D eigenvalue weighted by Gasteiger charge is 2.30. The molecule has 5 nitrogen and oxygen atoms in total. The Balaban J connectivity index is 2.48. The van der Waals surface area contributed by atoms with E-state index in [2.05, 4.69) is 12.2 Å². The van der Waals surface area contributed by atoms with E-state index in [4.69, 9.17) is 4.74 Å². The fourth-order valence-electron chi connectivity index (χ4n) is 2.59. The Morgan fingerprint density at radius 3 is 2.79 bits per heavy atom. The Bertz CT molecular complexity index is 307. The van der Waals surface area contributed by atoms with Gasteiger partial charge in [0, 0.05) is 6.04 Å². The lowest BCUT2D eigenvalue weighted by Crippen LogP contribution is -2.50. The van der Waals surface area contributed by atoms with Gasteiger partial charge in [0.25, 0.3) is 0 Å². The van der Waals surface area contributed by atoms with Crippen LogP contribution in [0.2, 0.25) is 0 Å². The number of rotatable bonds is 6. The van der Waals surface area contributed by atoms with Crippen molar-refractivity contribution in [3.8, 4) is 0 Å². The van der Waals surface area contributed by atoms with Crippen molar-refractivity contribution in [3.63, 3.8) is 0 Å². The van der Waals surface area contributed by atoms with Gasteiger partial charge in [0.15, 0.2) is 0 Å². The summed E-state index contributed by atoms with van der Waals surface area (Å²) in [7, 11) is 1.40. The number of carbonyl (C=O) groups is 2. The van der Waals surface area contributed by atoms with Crippen LogP contribution in [0.4, 0.5) is 0 Å². The summed E-state index contributed by atoms with van der Waals surface area (Å²) in [6, 6.07) is -0.0650. The van der Waals surface area contributed by atoms with Gasteiger partial charge in [-0.1, -0.05) is 19.8 Å². The first-order valence-corrected chi connectivity index (χ1v) is 7.19. The van der Waals surface area contributed by atoms with Gasteiger partial charge in [-0.05, 0) is 32.7 Å². The predicted octanol–water partition coefficient (Wildman–Crippen LogP) is 1.32. The quantitative estimate of drug-likeness (QED) is 0.740. The summed E-state index contributed by atoms with van der Waals surface area (Å²) in [5, 5.41) is 2.97. The Labute approximate surface area is 115 Å². The first-order chi connectivity index (χ1) is 9.08. The topological polar surface area (TPSA) is 58.6 Å². The molecular weight excluding hydrogens is 244 g/mol. The van der Waals surface area contributed by atoms with Crippen LogP contribution >= 0.6 is 0 Å². The van der Waals surface area contributed by atoms with Crippen LogP contribution in [0.5, 0.6) is 0 Å². The molecule has 1 rings (SSSR count). The SMILES string of the molecule is CCCC(C)NC(=O)CN1CCCC[C@@H]1C(=O)OC. The Morgan fingerprint density at radius 2 is 2.16 bits per heavy atom. The first kappa shape index (κ1) is 16.0. The van der Waals surface area contributed by atoms with Crippen LogP contribution in [0.15, 0.2) is 0 Å². The molecule has 110 valence electrons. The van der Waals surface area contributed by atoms with E-state index in [9.17, 15) is 9.59 Å². The van der Waals surface area contributed by atoms with Gasteiger partial charge in [0.2, 0.25) is 5.91 Å². The van der Waals surface area contributed by atoms with Gasteiger partial charge < -0.3 is 10.1 Å². The predicted molar refractivity (Wildman–Crippen MR) is 73.7 cm³/mol. The zero-order valence-electron chi connectivity index (χ0n) is 12.3. The van der Waals surface area contributed by atoms with Crippen LogP contribution in [-0.2, 0) is 14.3 Å². The third kappa shape index (κ3) is 5.19. The van der Waals surface area contributed by atoms with E-state index in [0.29, 0.717) is 0 Å². The van der Waals surface area contributed by atoms with E-state index < -0.39 is 0 Å². The van der Waals surface area contributed by atoms with Crippen LogP contribution in [0, 0.1) is 0 Å². The van der Waals surface area contributed by atoms with Gasteiger partial charge in [-0.3, -0.25) is 14.5 Å². The number of nitrogens with one attached hydrogen (secondary N) is 1. The normalized spacial score (nSPS) is 21.7. The van der Waals surface area contributed by atoms with E-state index in [1.807, 2.05) is 11.8 Å². The second kappa shape index (κ2) is 8.15. The van der Waals surface area contributed by atoms with Crippen molar-refractivity contribution < 1.29 is 14.3 Å².